The monoisotopic (exact) mass is 360 g/mol. The first-order valence-corrected chi connectivity index (χ1v) is 9.05. The van der Waals surface area contributed by atoms with E-state index in [0.29, 0.717) is 13.0 Å². The van der Waals surface area contributed by atoms with Gasteiger partial charge in [0.1, 0.15) is 12.1 Å². The molecule has 0 aliphatic carbocycles. The van der Waals surface area contributed by atoms with Crippen LogP contribution in [0, 0.1) is 18.8 Å². The van der Waals surface area contributed by atoms with Gasteiger partial charge in [-0.25, -0.2) is 14.5 Å². The number of aliphatic carboxylic acids is 1. The van der Waals surface area contributed by atoms with Gasteiger partial charge < -0.3 is 10.0 Å². The molecule has 1 aliphatic heterocycles. The molecule has 1 saturated heterocycles. The van der Waals surface area contributed by atoms with E-state index < -0.39 is 30.0 Å². The van der Waals surface area contributed by atoms with E-state index in [1.165, 1.54) is 4.90 Å². The average molecular weight is 360 g/mol. The van der Waals surface area contributed by atoms with Crippen molar-refractivity contribution >= 4 is 17.9 Å². The maximum Gasteiger partial charge on any atom is 0.328 e. The largest absolute Gasteiger partial charge is 0.480 e. The molecule has 142 valence electrons. The van der Waals surface area contributed by atoms with Gasteiger partial charge in [0.2, 0.25) is 0 Å². The number of carboxylic acid groups (broad SMARTS) is 1. The highest BCUT2D eigenvalue weighted by Gasteiger charge is 2.50. The van der Waals surface area contributed by atoms with E-state index in [4.69, 9.17) is 0 Å². The van der Waals surface area contributed by atoms with Gasteiger partial charge in [0.15, 0.2) is 0 Å². The fourth-order valence-electron chi connectivity index (χ4n) is 3.35. The molecule has 2 unspecified atom stereocenters. The number of carbonyl (C=O) groups is 3. The first-order chi connectivity index (χ1) is 12.1. The van der Waals surface area contributed by atoms with Crippen LogP contribution in [0.1, 0.15) is 45.2 Å². The van der Waals surface area contributed by atoms with Crippen LogP contribution >= 0.6 is 0 Å². The molecule has 1 fully saturated rings. The molecule has 1 aromatic carbocycles. The van der Waals surface area contributed by atoms with Crippen molar-refractivity contribution in [2.75, 3.05) is 0 Å². The van der Waals surface area contributed by atoms with Gasteiger partial charge in [-0.2, -0.15) is 0 Å². The van der Waals surface area contributed by atoms with Crippen molar-refractivity contribution in [3.63, 3.8) is 0 Å². The Morgan fingerprint density at radius 2 is 1.69 bits per heavy atom. The lowest BCUT2D eigenvalue weighted by Crippen LogP contribution is -2.48. The predicted octanol–water partition coefficient (Wildman–Crippen LogP) is 3.28. The predicted molar refractivity (Wildman–Crippen MR) is 98.5 cm³/mol. The Hall–Kier alpha value is -2.37. The molecule has 26 heavy (non-hydrogen) atoms. The standard InChI is InChI=1S/C20H28N2O4/c1-12(2)10-16-18(23)22(17(13(3)4)19(24)25)20(26)21(16)11-15-8-6-14(5)7-9-15/h6-9,12-13,16-17H,10-11H2,1-5H3,(H,24,25). The van der Waals surface area contributed by atoms with Gasteiger partial charge in [-0.1, -0.05) is 57.5 Å². The van der Waals surface area contributed by atoms with Crippen molar-refractivity contribution in [2.24, 2.45) is 11.8 Å². The van der Waals surface area contributed by atoms with Gasteiger partial charge in [0.05, 0.1) is 0 Å². The highest BCUT2D eigenvalue weighted by molar-refractivity contribution is 6.06. The lowest BCUT2D eigenvalue weighted by atomic mass is 10.00. The van der Waals surface area contributed by atoms with Gasteiger partial charge in [-0.05, 0) is 30.7 Å². The molecule has 0 aromatic heterocycles. The van der Waals surface area contributed by atoms with Crippen molar-refractivity contribution < 1.29 is 19.5 Å². The fraction of sp³-hybridized carbons (Fsp3) is 0.550. The molecule has 0 spiro atoms. The van der Waals surface area contributed by atoms with E-state index in [2.05, 4.69) is 0 Å². The van der Waals surface area contributed by atoms with Crippen LogP contribution < -0.4 is 0 Å². The summed E-state index contributed by atoms with van der Waals surface area (Å²) >= 11 is 0. The lowest BCUT2D eigenvalue weighted by molar-refractivity contribution is -0.148. The molecule has 1 aliphatic rings. The molecule has 6 heteroatoms. The maximum atomic E-state index is 13.0. The second-order valence-electron chi connectivity index (χ2n) is 7.78. The average Bonchev–Trinajstić information content (AvgIpc) is 2.74. The number of hydrogen-bond acceptors (Lipinski definition) is 3. The molecule has 1 N–H and O–H groups in total. The van der Waals surface area contributed by atoms with E-state index in [1.807, 2.05) is 45.0 Å². The van der Waals surface area contributed by atoms with Crippen LogP contribution in [-0.4, -0.2) is 44.9 Å². The van der Waals surface area contributed by atoms with Crippen LogP contribution in [0.25, 0.3) is 0 Å². The summed E-state index contributed by atoms with van der Waals surface area (Å²) in [6, 6.07) is 5.50. The van der Waals surface area contributed by atoms with Crippen LogP contribution in [0.15, 0.2) is 24.3 Å². The van der Waals surface area contributed by atoms with Gasteiger partial charge in [0, 0.05) is 6.54 Å². The quantitative estimate of drug-likeness (QED) is 0.757. The minimum atomic E-state index is -1.15. The van der Waals surface area contributed by atoms with Crippen LogP contribution in [-0.2, 0) is 16.1 Å². The zero-order valence-corrected chi connectivity index (χ0v) is 16.1. The second-order valence-corrected chi connectivity index (χ2v) is 7.78. The smallest absolute Gasteiger partial charge is 0.328 e. The summed E-state index contributed by atoms with van der Waals surface area (Å²) in [6.07, 6.45) is 0.511. The molecular formula is C20H28N2O4. The molecule has 0 radical (unpaired) electrons. The van der Waals surface area contributed by atoms with Crippen molar-refractivity contribution in [3.05, 3.63) is 35.4 Å². The van der Waals surface area contributed by atoms with Crippen LogP contribution in [0.2, 0.25) is 0 Å². The summed E-state index contributed by atoms with van der Waals surface area (Å²) in [5.74, 6) is -1.71. The number of aryl methyl sites for hydroxylation is 1. The molecule has 6 nitrogen and oxygen atoms in total. The van der Waals surface area contributed by atoms with Gasteiger partial charge >= 0.3 is 12.0 Å². The molecule has 2 atom stereocenters. The Morgan fingerprint density at radius 3 is 2.15 bits per heavy atom. The number of carboxylic acids is 1. The van der Waals surface area contributed by atoms with Crippen molar-refractivity contribution in [2.45, 2.75) is 59.7 Å². The van der Waals surface area contributed by atoms with Crippen LogP contribution in [0.4, 0.5) is 4.79 Å². The summed E-state index contributed by atoms with van der Waals surface area (Å²) in [5.41, 5.74) is 2.03. The number of carbonyl (C=O) groups excluding carboxylic acids is 2. The maximum absolute atomic E-state index is 13.0. The molecule has 0 saturated carbocycles. The summed E-state index contributed by atoms with van der Waals surface area (Å²) in [4.78, 5) is 40.1. The Balaban J connectivity index is 2.37. The SMILES string of the molecule is Cc1ccc(CN2C(=O)N(C(C(=O)O)C(C)C)C(=O)C2CC(C)C)cc1. The van der Waals surface area contributed by atoms with Crippen molar-refractivity contribution in [3.8, 4) is 0 Å². The number of benzene rings is 1. The van der Waals surface area contributed by atoms with E-state index in [-0.39, 0.29) is 11.8 Å². The number of hydrogen-bond donors (Lipinski definition) is 1. The van der Waals surface area contributed by atoms with E-state index in [9.17, 15) is 19.5 Å². The number of nitrogens with zero attached hydrogens (tertiary/aromatic N) is 2. The van der Waals surface area contributed by atoms with E-state index in [0.717, 1.165) is 16.0 Å². The molecule has 0 bridgehead atoms. The molecular weight excluding hydrogens is 332 g/mol. The first kappa shape index (κ1) is 19.9. The van der Waals surface area contributed by atoms with Gasteiger partial charge in [0.25, 0.3) is 5.91 Å². The topological polar surface area (TPSA) is 77.9 Å². The Labute approximate surface area is 154 Å². The Bertz CT molecular complexity index is 682. The second kappa shape index (κ2) is 7.89. The van der Waals surface area contributed by atoms with Gasteiger partial charge in [-0.3, -0.25) is 4.79 Å². The molecule has 1 heterocycles. The summed E-state index contributed by atoms with van der Waals surface area (Å²) in [5, 5.41) is 9.55. The van der Waals surface area contributed by atoms with Crippen LogP contribution in [0.5, 0.6) is 0 Å². The van der Waals surface area contributed by atoms with E-state index >= 15 is 0 Å². The van der Waals surface area contributed by atoms with Crippen molar-refractivity contribution in [1.82, 2.24) is 9.80 Å². The Morgan fingerprint density at radius 1 is 1.12 bits per heavy atom. The summed E-state index contributed by atoms with van der Waals surface area (Å²) in [6.45, 7) is 9.67. The number of imide groups is 1. The highest BCUT2D eigenvalue weighted by Crippen LogP contribution is 2.29. The minimum Gasteiger partial charge on any atom is -0.480 e. The summed E-state index contributed by atoms with van der Waals surface area (Å²) < 4.78 is 0. The molecule has 1 aromatic rings. The van der Waals surface area contributed by atoms with E-state index in [1.54, 1.807) is 13.8 Å². The number of urea groups is 1. The number of amides is 3. The first-order valence-electron chi connectivity index (χ1n) is 9.05. The third-order valence-electron chi connectivity index (χ3n) is 4.68. The highest BCUT2D eigenvalue weighted by atomic mass is 16.4. The summed E-state index contributed by atoms with van der Waals surface area (Å²) in [7, 11) is 0. The van der Waals surface area contributed by atoms with Crippen LogP contribution in [0.3, 0.4) is 0 Å². The van der Waals surface area contributed by atoms with Crippen molar-refractivity contribution in [1.29, 1.82) is 0 Å². The Kier molecular flexibility index (Phi) is 6.05. The zero-order valence-electron chi connectivity index (χ0n) is 16.1. The zero-order chi connectivity index (χ0) is 19.6. The fourth-order valence-corrected chi connectivity index (χ4v) is 3.35. The number of rotatable bonds is 7. The third-order valence-corrected chi connectivity index (χ3v) is 4.68. The molecule has 2 rings (SSSR count). The third kappa shape index (κ3) is 4.06. The van der Waals surface area contributed by atoms with Gasteiger partial charge in [-0.15, -0.1) is 0 Å². The normalized spacial score (nSPS) is 19.0. The lowest BCUT2D eigenvalue weighted by Gasteiger charge is -2.25. The molecule has 3 amide bonds. The minimum absolute atomic E-state index is 0.208.